The van der Waals surface area contributed by atoms with Crippen molar-refractivity contribution in [2.45, 2.75) is 12.1 Å². The van der Waals surface area contributed by atoms with Crippen molar-refractivity contribution >= 4 is 23.4 Å². The Morgan fingerprint density at radius 1 is 1.19 bits per heavy atom. The van der Waals surface area contributed by atoms with Crippen LogP contribution in [0.2, 0.25) is 0 Å². The van der Waals surface area contributed by atoms with E-state index in [4.69, 9.17) is 11.6 Å². The summed E-state index contributed by atoms with van der Waals surface area (Å²) in [6.45, 7) is 0. The lowest BCUT2D eigenvalue weighted by molar-refractivity contribution is -0.274. The Bertz CT molecular complexity index is 313. The molecular weight excluding hydrogens is 261 g/mol. The third kappa shape index (κ3) is 5.51. The molecule has 16 heavy (non-hydrogen) atoms. The topological polar surface area (TPSA) is 9.23 Å². The van der Waals surface area contributed by atoms with Gasteiger partial charge in [0, 0.05) is 17.4 Å². The van der Waals surface area contributed by atoms with E-state index < -0.39 is 6.36 Å². The van der Waals surface area contributed by atoms with Gasteiger partial charge in [-0.2, -0.15) is 11.8 Å². The second-order valence-corrected chi connectivity index (χ2v) is 4.42. The average Bonchev–Trinajstić information content (AvgIpc) is 2.19. The van der Waals surface area contributed by atoms with E-state index in [0.29, 0.717) is 5.88 Å². The summed E-state index contributed by atoms with van der Waals surface area (Å²) in [4.78, 5) is 0. The second-order valence-electron chi connectivity index (χ2n) is 2.93. The number of thioether (sulfide) groups is 1. The van der Waals surface area contributed by atoms with Gasteiger partial charge in [-0.15, -0.1) is 24.8 Å². The van der Waals surface area contributed by atoms with Crippen LogP contribution in [0.1, 0.15) is 5.56 Å². The van der Waals surface area contributed by atoms with E-state index in [2.05, 4.69) is 4.74 Å². The molecule has 0 fully saturated rings. The first-order valence-corrected chi connectivity index (χ1v) is 6.18. The van der Waals surface area contributed by atoms with Crippen LogP contribution in [0.4, 0.5) is 13.2 Å². The molecule has 0 aromatic heterocycles. The highest BCUT2D eigenvalue weighted by atomic mass is 35.5. The molecule has 1 rings (SSSR count). The predicted octanol–water partition coefficient (Wildman–Crippen LogP) is 4.06. The van der Waals surface area contributed by atoms with Crippen molar-refractivity contribution in [2.75, 3.05) is 11.6 Å². The molecule has 1 nitrogen and oxygen atoms in total. The number of hydrogen-bond acceptors (Lipinski definition) is 2. The largest absolute Gasteiger partial charge is 0.573 e. The third-order valence-corrected chi connectivity index (χ3v) is 3.09. The summed E-state index contributed by atoms with van der Waals surface area (Å²) < 4.78 is 39.3. The Labute approximate surface area is 101 Å². The van der Waals surface area contributed by atoms with Gasteiger partial charge in [0.05, 0.1) is 0 Å². The van der Waals surface area contributed by atoms with Crippen LogP contribution in [0, 0.1) is 0 Å². The lowest BCUT2D eigenvalue weighted by Gasteiger charge is -2.09. The molecule has 0 unspecified atom stereocenters. The Morgan fingerprint density at radius 3 is 2.31 bits per heavy atom. The highest BCUT2D eigenvalue weighted by molar-refractivity contribution is 7.98. The van der Waals surface area contributed by atoms with Crippen LogP contribution < -0.4 is 4.74 Å². The maximum atomic E-state index is 11.8. The molecule has 0 saturated heterocycles. The zero-order chi connectivity index (χ0) is 12.0. The fourth-order valence-electron chi connectivity index (χ4n) is 1.03. The molecule has 0 spiro atoms. The van der Waals surface area contributed by atoms with Crippen LogP contribution in [0.5, 0.6) is 5.75 Å². The van der Waals surface area contributed by atoms with Gasteiger partial charge in [-0.25, -0.2) is 0 Å². The Kier molecular flexibility index (Phi) is 5.28. The van der Waals surface area contributed by atoms with Gasteiger partial charge in [-0.05, 0) is 17.7 Å². The molecule has 0 aliphatic heterocycles. The fraction of sp³-hybridized carbons (Fsp3) is 0.400. The first kappa shape index (κ1) is 13.5. The Morgan fingerprint density at radius 2 is 1.81 bits per heavy atom. The number of benzene rings is 1. The van der Waals surface area contributed by atoms with Gasteiger partial charge >= 0.3 is 6.36 Å². The molecule has 90 valence electrons. The number of alkyl halides is 4. The summed E-state index contributed by atoms with van der Waals surface area (Å²) >= 11 is 7.13. The van der Waals surface area contributed by atoms with Gasteiger partial charge in [0.1, 0.15) is 5.75 Å². The van der Waals surface area contributed by atoms with Gasteiger partial charge in [0.15, 0.2) is 0 Å². The minimum Gasteiger partial charge on any atom is -0.406 e. The third-order valence-electron chi connectivity index (χ3n) is 1.65. The molecule has 0 radical (unpaired) electrons. The zero-order valence-electron chi connectivity index (χ0n) is 8.26. The van der Waals surface area contributed by atoms with Crippen LogP contribution in [0.15, 0.2) is 24.3 Å². The molecule has 0 atom stereocenters. The van der Waals surface area contributed by atoms with Crippen molar-refractivity contribution in [3.63, 3.8) is 0 Å². The van der Waals surface area contributed by atoms with Crippen molar-refractivity contribution in [2.24, 2.45) is 0 Å². The van der Waals surface area contributed by atoms with Crippen molar-refractivity contribution in [3.8, 4) is 5.75 Å². The van der Waals surface area contributed by atoms with Gasteiger partial charge in [0.25, 0.3) is 0 Å². The average molecular weight is 271 g/mol. The minimum absolute atomic E-state index is 0.196. The molecule has 0 amide bonds. The van der Waals surface area contributed by atoms with Crippen LogP contribution in [-0.2, 0) is 5.75 Å². The summed E-state index contributed by atoms with van der Waals surface area (Å²) in [6, 6.07) is 5.85. The number of ether oxygens (including phenoxy) is 1. The SMILES string of the molecule is FC(F)(F)Oc1ccc(CSCCCl)cc1. The molecule has 0 aliphatic rings. The fourth-order valence-corrected chi connectivity index (χ4v) is 2.04. The van der Waals surface area contributed by atoms with E-state index in [1.54, 1.807) is 23.9 Å². The van der Waals surface area contributed by atoms with E-state index in [-0.39, 0.29) is 5.75 Å². The molecule has 0 N–H and O–H groups in total. The lowest BCUT2D eigenvalue weighted by atomic mass is 10.2. The summed E-state index contributed by atoms with van der Waals surface area (Å²) in [6.07, 6.45) is -4.63. The first-order valence-electron chi connectivity index (χ1n) is 4.49. The van der Waals surface area contributed by atoms with Crippen molar-refractivity contribution in [3.05, 3.63) is 29.8 Å². The zero-order valence-corrected chi connectivity index (χ0v) is 9.83. The second kappa shape index (κ2) is 6.25. The lowest BCUT2D eigenvalue weighted by Crippen LogP contribution is -2.16. The number of halogens is 4. The van der Waals surface area contributed by atoms with Crippen molar-refractivity contribution in [1.82, 2.24) is 0 Å². The van der Waals surface area contributed by atoms with Crippen LogP contribution >= 0.6 is 23.4 Å². The highest BCUT2D eigenvalue weighted by Gasteiger charge is 2.30. The molecular formula is C10H10ClF3OS. The first-order chi connectivity index (χ1) is 7.51. The normalized spacial score (nSPS) is 11.5. The maximum Gasteiger partial charge on any atom is 0.573 e. The molecule has 0 saturated carbocycles. The van der Waals surface area contributed by atoms with Crippen LogP contribution in [0.25, 0.3) is 0 Å². The van der Waals surface area contributed by atoms with E-state index >= 15 is 0 Å². The highest BCUT2D eigenvalue weighted by Crippen LogP contribution is 2.23. The monoisotopic (exact) mass is 270 g/mol. The predicted molar refractivity (Wildman–Crippen MR) is 60.0 cm³/mol. The standard InChI is InChI=1S/C10H10ClF3OS/c11-5-6-16-7-8-1-3-9(4-2-8)15-10(12,13)14/h1-4H,5-7H2. The molecule has 6 heteroatoms. The molecule has 1 aromatic rings. The Hall–Kier alpha value is -0.550. The number of rotatable bonds is 5. The summed E-state index contributed by atoms with van der Waals surface area (Å²) in [7, 11) is 0. The summed E-state index contributed by atoms with van der Waals surface area (Å²) in [5.74, 6) is 1.93. The summed E-state index contributed by atoms with van der Waals surface area (Å²) in [5.41, 5.74) is 0.949. The van der Waals surface area contributed by atoms with Crippen molar-refractivity contribution in [1.29, 1.82) is 0 Å². The van der Waals surface area contributed by atoms with Crippen LogP contribution in [-0.4, -0.2) is 18.0 Å². The van der Waals surface area contributed by atoms with E-state index in [0.717, 1.165) is 17.1 Å². The maximum absolute atomic E-state index is 11.8. The smallest absolute Gasteiger partial charge is 0.406 e. The minimum atomic E-state index is -4.63. The van der Waals surface area contributed by atoms with Gasteiger partial charge in [0.2, 0.25) is 0 Å². The summed E-state index contributed by atoms with van der Waals surface area (Å²) in [5, 5.41) is 0. The Balaban J connectivity index is 2.48. The van der Waals surface area contributed by atoms with E-state index in [9.17, 15) is 13.2 Å². The van der Waals surface area contributed by atoms with E-state index in [1.165, 1.54) is 12.1 Å². The van der Waals surface area contributed by atoms with Gasteiger partial charge in [-0.1, -0.05) is 12.1 Å². The molecule has 0 heterocycles. The number of hydrogen-bond donors (Lipinski definition) is 0. The van der Waals surface area contributed by atoms with Gasteiger partial charge in [-0.3, -0.25) is 0 Å². The quantitative estimate of drug-likeness (QED) is 0.589. The molecule has 0 bridgehead atoms. The van der Waals surface area contributed by atoms with Gasteiger partial charge < -0.3 is 4.74 Å². The van der Waals surface area contributed by atoms with E-state index in [1.807, 2.05) is 0 Å². The molecule has 0 aliphatic carbocycles. The molecule has 1 aromatic carbocycles. The van der Waals surface area contributed by atoms with Crippen molar-refractivity contribution < 1.29 is 17.9 Å². The van der Waals surface area contributed by atoms with Crippen LogP contribution in [0.3, 0.4) is 0 Å².